The van der Waals surface area contributed by atoms with Crippen molar-refractivity contribution in [2.24, 2.45) is 0 Å². The Balaban J connectivity index is 2.71. The molecule has 0 amide bonds. The fourth-order valence-corrected chi connectivity index (χ4v) is 1.58. The minimum absolute atomic E-state index is 0.271. The summed E-state index contributed by atoms with van der Waals surface area (Å²) in [4.78, 5) is 21.6. The Labute approximate surface area is 122 Å². The number of hydrogen-bond acceptors (Lipinski definition) is 5. The van der Waals surface area contributed by atoms with Gasteiger partial charge in [0.15, 0.2) is 0 Å². The SMILES string of the molecule is COC(=O)CCCOc1ccc(OC)cc1/C=C/C(=O)O. The number of esters is 1. The topological polar surface area (TPSA) is 82.1 Å². The number of benzene rings is 1. The molecule has 0 aromatic heterocycles. The van der Waals surface area contributed by atoms with Crippen molar-refractivity contribution in [3.63, 3.8) is 0 Å². The standard InChI is InChI=1S/C15H18O6/c1-19-12-6-7-13(11(10-12)5-8-14(16)17)21-9-3-4-15(18)20-2/h5-8,10H,3-4,9H2,1-2H3,(H,16,17)/b8-5+. The first-order valence-electron chi connectivity index (χ1n) is 6.35. The lowest BCUT2D eigenvalue weighted by atomic mass is 10.1. The Morgan fingerprint density at radius 2 is 2.05 bits per heavy atom. The minimum Gasteiger partial charge on any atom is -0.497 e. The molecule has 0 aliphatic rings. The Kier molecular flexibility index (Phi) is 6.80. The summed E-state index contributed by atoms with van der Waals surface area (Å²) < 4.78 is 15.2. The Bertz CT molecular complexity index is 521. The fraction of sp³-hybridized carbons (Fsp3) is 0.333. The van der Waals surface area contributed by atoms with Gasteiger partial charge in [-0.05, 0) is 30.7 Å². The summed E-state index contributed by atoms with van der Waals surface area (Å²) in [5.41, 5.74) is 0.592. The van der Waals surface area contributed by atoms with Gasteiger partial charge in [-0.15, -0.1) is 0 Å². The largest absolute Gasteiger partial charge is 0.497 e. The third kappa shape index (κ3) is 5.99. The highest BCUT2D eigenvalue weighted by molar-refractivity contribution is 5.86. The van der Waals surface area contributed by atoms with E-state index in [1.165, 1.54) is 20.3 Å². The van der Waals surface area contributed by atoms with E-state index < -0.39 is 5.97 Å². The molecule has 0 spiro atoms. The molecule has 1 aromatic rings. The Morgan fingerprint density at radius 3 is 2.67 bits per heavy atom. The van der Waals surface area contributed by atoms with E-state index in [0.717, 1.165) is 6.08 Å². The number of carbonyl (C=O) groups is 2. The fourth-order valence-electron chi connectivity index (χ4n) is 1.58. The van der Waals surface area contributed by atoms with E-state index in [1.54, 1.807) is 18.2 Å². The molecule has 0 unspecified atom stereocenters. The lowest BCUT2D eigenvalue weighted by Gasteiger charge is -2.10. The maximum absolute atomic E-state index is 11.0. The van der Waals surface area contributed by atoms with Gasteiger partial charge in [0, 0.05) is 18.1 Å². The number of rotatable bonds is 8. The molecule has 0 atom stereocenters. The number of methoxy groups -OCH3 is 2. The van der Waals surface area contributed by atoms with Crippen molar-refractivity contribution in [2.45, 2.75) is 12.8 Å². The first-order valence-corrected chi connectivity index (χ1v) is 6.35. The predicted molar refractivity (Wildman–Crippen MR) is 76.4 cm³/mol. The molecule has 0 saturated heterocycles. The van der Waals surface area contributed by atoms with Crippen LogP contribution < -0.4 is 9.47 Å². The van der Waals surface area contributed by atoms with Crippen LogP contribution in [-0.4, -0.2) is 37.9 Å². The zero-order chi connectivity index (χ0) is 15.7. The molecule has 0 bridgehead atoms. The van der Waals surface area contributed by atoms with Crippen molar-refractivity contribution in [1.82, 2.24) is 0 Å². The maximum atomic E-state index is 11.0. The smallest absolute Gasteiger partial charge is 0.328 e. The van der Waals surface area contributed by atoms with Crippen LogP contribution in [0.1, 0.15) is 18.4 Å². The van der Waals surface area contributed by atoms with Crippen LogP contribution in [-0.2, 0) is 14.3 Å². The summed E-state index contributed by atoms with van der Waals surface area (Å²) in [6.45, 7) is 0.329. The van der Waals surface area contributed by atoms with Crippen molar-refractivity contribution in [2.75, 3.05) is 20.8 Å². The number of hydrogen-bond donors (Lipinski definition) is 1. The highest BCUT2D eigenvalue weighted by atomic mass is 16.5. The second-order valence-corrected chi connectivity index (χ2v) is 4.10. The van der Waals surface area contributed by atoms with E-state index in [-0.39, 0.29) is 12.4 Å². The highest BCUT2D eigenvalue weighted by Crippen LogP contribution is 2.25. The van der Waals surface area contributed by atoms with Crippen LogP contribution >= 0.6 is 0 Å². The summed E-state index contributed by atoms with van der Waals surface area (Å²) in [5.74, 6) is -0.214. The first-order chi connectivity index (χ1) is 10.1. The van der Waals surface area contributed by atoms with Gasteiger partial charge in [-0.2, -0.15) is 0 Å². The van der Waals surface area contributed by atoms with E-state index >= 15 is 0 Å². The van der Waals surface area contributed by atoms with Crippen LogP contribution in [0.15, 0.2) is 24.3 Å². The molecule has 1 N–H and O–H groups in total. The summed E-state index contributed by atoms with van der Waals surface area (Å²) in [7, 11) is 2.86. The molecule has 0 fully saturated rings. The van der Waals surface area contributed by atoms with Crippen LogP contribution in [0.3, 0.4) is 0 Å². The van der Waals surface area contributed by atoms with Gasteiger partial charge in [-0.25, -0.2) is 4.79 Å². The van der Waals surface area contributed by atoms with E-state index in [0.29, 0.717) is 30.1 Å². The molecule has 6 heteroatoms. The summed E-state index contributed by atoms with van der Waals surface area (Å²) in [6, 6.07) is 5.08. The zero-order valence-electron chi connectivity index (χ0n) is 12.0. The third-order valence-electron chi connectivity index (χ3n) is 2.63. The number of carboxylic acids is 1. The average molecular weight is 294 g/mol. The normalized spacial score (nSPS) is 10.4. The van der Waals surface area contributed by atoms with Crippen molar-refractivity contribution in [3.05, 3.63) is 29.8 Å². The molecule has 0 radical (unpaired) electrons. The van der Waals surface area contributed by atoms with Crippen LogP contribution in [0.25, 0.3) is 6.08 Å². The predicted octanol–water partition coefficient (Wildman–Crippen LogP) is 2.12. The second-order valence-electron chi connectivity index (χ2n) is 4.10. The first kappa shape index (κ1) is 16.6. The van der Waals surface area contributed by atoms with Crippen molar-refractivity contribution in [1.29, 1.82) is 0 Å². The third-order valence-corrected chi connectivity index (χ3v) is 2.63. The van der Waals surface area contributed by atoms with E-state index in [1.807, 2.05) is 0 Å². The zero-order valence-corrected chi connectivity index (χ0v) is 12.0. The van der Waals surface area contributed by atoms with Crippen molar-refractivity contribution >= 4 is 18.0 Å². The molecular weight excluding hydrogens is 276 g/mol. The summed E-state index contributed by atoms with van der Waals surface area (Å²) in [6.07, 6.45) is 3.24. The van der Waals surface area contributed by atoms with Gasteiger partial charge < -0.3 is 19.3 Å². The Morgan fingerprint density at radius 1 is 1.29 bits per heavy atom. The van der Waals surface area contributed by atoms with Crippen LogP contribution in [0.4, 0.5) is 0 Å². The lowest BCUT2D eigenvalue weighted by molar-refractivity contribution is -0.140. The molecule has 0 heterocycles. The minimum atomic E-state index is -1.05. The van der Waals surface area contributed by atoms with Gasteiger partial charge in [-0.1, -0.05) is 0 Å². The van der Waals surface area contributed by atoms with Crippen LogP contribution in [0.5, 0.6) is 11.5 Å². The lowest BCUT2D eigenvalue weighted by Crippen LogP contribution is -2.05. The molecule has 0 saturated carbocycles. The van der Waals surface area contributed by atoms with E-state index in [9.17, 15) is 9.59 Å². The molecule has 114 valence electrons. The molecule has 1 aromatic carbocycles. The maximum Gasteiger partial charge on any atom is 0.328 e. The van der Waals surface area contributed by atoms with Gasteiger partial charge in [0.2, 0.25) is 0 Å². The molecule has 0 aliphatic carbocycles. The quantitative estimate of drug-likeness (QED) is 0.449. The molecule has 21 heavy (non-hydrogen) atoms. The van der Waals surface area contributed by atoms with Crippen LogP contribution in [0, 0.1) is 0 Å². The summed E-state index contributed by atoms with van der Waals surface area (Å²) in [5, 5.41) is 8.68. The molecule has 6 nitrogen and oxygen atoms in total. The Hall–Kier alpha value is -2.50. The van der Waals surface area contributed by atoms with Crippen molar-refractivity contribution in [3.8, 4) is 11.5 Å². The van der Waals surface area contributed by atoms with Gasteiger partial charge >= 0.3 is 11.9 Å². The summed E-state index contributed by atoms with van der Waals surface area (Å²) >= 11 is 0. The van der Waals surface area contributed by atoms with Crippen molar-refractivity contribution < 1.29 is 28.9 Å². The second kappa shape index (κ2) is 8.63. The number of ether oxygens (including phenoxy) is 3. The molecule has 0 aliphatic heterocycles. The highest BCUT2D eigenvalue weighted by Gasteiger charge is 2.05. The van der Waals surface area contributed by atoms with Crippen LogP contribution in [0.2, 0.25) is 0 Å². The molecular formula is C15H18O6. The van der Waals surface area contributed by atoms with Gasteiger partial charge in [0.25, 0.3) is 0 Å². The average Bonchev–Trinajstić information content (AvgIpc) is 2.49. The number of carboxylic acid groups (broad SMARTS) is 1. The van der Waals surface area contributed by atoms with Gasteiger partial charge in [0.1, 0.15) is 11.5 Å². The van der Waals surface area contributed by atoms with E-state index in [4.69, 9.17) is 14.6 Å². The van der Waals surface area contributed by atoms with Gasteiger partial charge in [0.05, 0.1) is 20.8 Å². The monoisotopic (exact) mass is 294 g/mol. The molecule has 1 rings (SSSR count). The van der Waals surface area contributed by atoms with Gasteiger partial charge in [-0.3, -0.25) is 4.79 Å². The number of aliphatic carboxylic acids is 1. The number of carbonyl (C=O) groups excluding carboxylic acids is 1. The van der Waals surface area contributed by atoms with E-state index in [2.05, 4.69) is 4.74 Å².